The molecule has 0 fully saturated rings. The van der Waals surface area contributed by atoms with Crippen molar-refractivity contribution in [2.75, 3.05) is 0 Å². The number of nitro groups is 1. The summed E-state index contributed by atoms with van der Waals surface area (Å²) in [5.41, 5.74) is -28.3. The highest BCUT2D eigenvalue weighted by molar-refractivity contribution is 7.20. The molecule has 6 rings (SSSR count). The summed E-state index contributed by atoms with van der Waals surface area (Å²) < 4.78 is 343. The summed E-state index contributed by atoms with van der Waals surface area (Å²) in [5, 5.41) is 10.3. The highest BCUT2D eigenvalue weighted by Gasteiger charge is 2.47. The van der Waals surface area contributed by atoms with E-state index in [4.69, 9.17) is 0 Å². The second-order valence-corrected chi connectivity index (χ2v) is 16.1. The highest BCUT2D eigenvalue weighted by Crippen LogP contribution is 2.41. The summed E-state index contributed by atoms with van der Waals surface area (Å²) in [7, 11) is 0. The molecule has 0 atom stereocenters. The molecule has 0 aliphatic carbocycles. The molecule has 0 bridgehead atoms. The van der Waals surface area contributed by atoms with Gasteiger partial charge in [0.25, 0.3) is 0 Å². The number of hydrogen-bond donors (Lipinski definition) is 0. The topological polar surface area (TPSA) is 47.0 Å². The molecule has 74 heavy (non-hydrogen) atoms. The first kappa shape index (κ1) is 57.9. The van der Waals surface area contributed by atoms with Crippen LogP contribution in [0.5, 0.6) is 0 Å². The second-order valence-electron chi connectivity index (χ2n) is 16.1. The second kappa shape index (κ2) is 20.0. The Bertz CT molecular complexity index is 2530. The Morgan fingerprint density at radius 3 is 0.784 bits per heavy atom. The lowest BCUT2D eigenvalue weighted by Gasteiger charge is -2.46. The van der Waals surface area contributed by atoms with Gasteiger partial charge in [-0.05, 0) is 24.3 Å². The van der Waals surface area contributed by atoms with Gasteiger partial charge in [-0.2, -0.15) is 127 Å². The first-order valence-electron chi connectivity index (χ1n) is 20.0. The van der Waals surface area contributed by atoms with Gasteiger partial charge in [0.2, 0.25) is 6.54 Å². The number of hydrogen-bond acceptors (Lipinski definition) is 2. The average Bonchev–Trinajstić information content (AvgIpc) is 3.25. The van der Waals surface area contributed by atoms with Crippen LogP contribution in [-0.4, -0.2) is 11.1 Å². The van der Waals surface area contributed by atoms with Crippen molar-refractivity contribution >= 4 is 28.0 Å². The number of rotatable bonds is 8. The monoisotopic (exact) mass is 1090 g/mol. The van der Waals surface area contributed by atoms with E-state index in [1.807, 2.05) is 35.2 Å². The van der Waals surface area contributed by atoms with E-state index in [9.17, 15) is 115 Å². The van der Waals surface area contributed by atoms with Gasteiger partial charge in [-0.15, -0.1) is 0 Å². The number of benzene rings is 5. The van der Waals surface area contributed by atoms with Crippen molar-refractivity contribution in [2.24, 2.45) is 0 Å². The third-order valence-electron chi connectivity index (χ3n) is 10.9. The first-order valence-corrected chi connectivity index (χ1v) is 20.0. The van der Waals surface area contributed by atoms with Crippen molar-refractivity contribution in [1.29, 1.82) is 0 Å². The highest BCUT2D eigenvalue weighted by atomic mass is 19.4. The molecule has 0 unspecified atom stereocenters. The van der Waals surface area contributed by atoms with E-state index in [0.717, 1.165) is 12.1 Å². The van der Waals surface area contributed by atoms with Crippen LogP contribution < -0.4 is 26.4 Å². The van der Waals surface area contributed by atoms with Crippen molar-refractivity contribution in [3.05, 3.63) is 193 Å². The van der Waals surface area contributed by atoms with Crippen molar-refractivity contribution < 1.29 is 115 Å². The molecule has 0 aliphatic rings. The summed E-state index contributed by atoms with van der Waals surface area (Å²) in [4.78, 5) is 10.0. The average molecular weight is 1090 g/mol. The zero-order valence-electron chi connectivity index (χ0n) is 35.9. The van der Waals surface area contributed by atoms with Gasteiger partial charge < -0.3 is 0 Å². The third kappa shape index (κ3) is 13.8. The van der Waals surface area contributed by atoms with Gasteiger partial charge >= 0.3 is 49.4 Å². The molecule has 0 aliphatic heterocycles. The molecule has 1 aromatic heterocycles. The summed E-state index contributed by atoms with van der Waals surface area (Å²) >= 11 is 0. The minimum absolute atomic E-state index is 0.119. The fourth-order valence-corrected chi connectivity index (χ4v) is 7.71. The third-order valence-corrected chi connectivity index (χ3v) is 10.9. The van der Waals surface area contributed by atoms with Crippen molar-refractivity contribution in [3.8, 4) is 0 Å². The number of nitrogens with zero attached hydrogens (tertiary/aromatic N) is 2. The zero-order chi connectivity index (χ0) is 56.0. The molecule has 0 N–H and O–H groups in total. The molecule has 1 heterocycles. The predicted molar refractivity (Wildman–Crippen MR) is 213 cm³/mol. The smallest absolute Gasteiger partial charge is 0.264 e. The summed E-state index contributed by atoms with van der Waals surface area (Å²) in [5.74, 6) is 0. The predicted octanol–water partition coefficient (Wildman–Crippen LogP) is 13.0. The lowest BCUT2D eigenvalue weighted by Crippen LogP contribution is -2.75. The van der Waals surface area contributed by atoms with Gasteiger partial charge in [-0.3, -0.25) is 10.1 Å². The van der Waals surface area contributed by atoms with Gasteiger partial charge in [-0.1, -0.05) is 78.9 Å². The molecule has 0 saturated carbocycles. The number of pyridine rings is 1. The van der Waals surface area contributed by atoms with Gasteiger partial charge in [0, 0.05) is 28.2 Å². The lowest BCUT2D eigenvalue weighted by atomic mass is 9.12. The molecule has 0 amide bonds. The fourth-order valence-electron chi connectivity index (χ4n) is 7.71. The molecule has 4 nitrogen and oxygen atoms in total. The van der Waals surface area contributed by atoms with Crippen LogP contribution in [0.3, 0.4) is 0 Å². The minimum Gasteiger partial charge on any atom is -0.264 e. The standard InChI is InChI=1S/C32H12BF24.C13H13N2O2/c34-25(35,36)13-1-14(26(37,38)39)6-21(5-13)33(22-7-15(27(40,41)42)2-16(8-22)28(43,44)45,23-9-17(29(46,47)48)3-18(10-23)30(49,50)51)24-11-19(31(52,53)54)4-20(12-24)32(55,56)57;16-15(17)11-13-6-8-14(9-7-13)10-12-4-2-1-3-5-12/h1-12H;1-9H,10-11H2/q-1;+1. The molecule has 0 spiro atoms. The largest absolute Gasteiger partial charge is 0.416 e. The van der Waals surface area contributed by atoms with Gasteiger partial charge in [0.15, 0.2) is 18.9 Å². The molecule has 0 radical (unpaired) electrons. The number of aromatic nitrogens is 1. The number of alkyl halides is 24. The van der Waals surface area contributed by atoms with Crippen LogP contribution in [0.4, 0.5) is 105 Å². The Kier molecular flexibility index (Phi) is 15.7. The molecule has 0 saturated heterocycles. The molecule has 5 aromatic carbocycles. The number of halogens is 24. The zero-order valence-corrected chi connectivity index (χ0v) is 35.9. The maximum Gasteiger partial charge on any atom is 0.416 e. The van der Waals surface area contributed by atoms with Gasteiger partial charge in [-0.25, -0.2) is 4.57 Å². The van der Waals surface area contributed by atoms with E-state index in [1.165, 1.54) is 5.56 Å². The minimum atomic E-state index is -6.13. The van der Waals surface area contributed by atoms with Crippen molar-refractivity contribution in [3.63, 3.8) is 0 Å². The van der Waals surface area contributed by atoms with E-state index in [1.54, 1.807) is 12.1 Å². The summed E-state index contributed by atoms with van der Waals surface area (Å²) in [6.07, 6.45) is -51.1. The van der Waals surface area contributed by atoms with Crippen LogP contribution in [0.2, 0.25) is 0 Å². The maximum absolute atomic E-state index is 14.2. The van der Waals surface area contributed by atoms with Crippen LogP contribution in [0.1, 0.15) is 55.6 Å². The van der Waals surface area contributed by atoms with E-state index >= 15 is 0 Å². The maximum atomic E-state index is 14.2. The fraction of sp³-hybridized carbons (Fsp3) is 0.222. The Morgan fingerprint density at radius 1 is 0.351 bits per heavy atom. The molecular weight excluding hydrogens is 1070 g/mol. The lowest BCUT2D eigenvalue weighted by molar-refractivity contribution is -0.688. The van der Waals surface area contributed by atoms with Crippen LogP contribution in [0.25, 0.3) is 0 Å². The summed E-state index contributed by atoms with van der Waals surface area (Å²) in [6.45, 7) is 0.658. The SMILES string of the molecule is FC(F)(F)c1cc([B-](c2cc(C(F)(F)F)cc(C(F)(F)F)c2)(c2cc(C(F)(F)F)cc(C(F)(F)F)c2)c2cc(C(F)(F)F)cc(C(F)(F)F)c2)cc(C(F)(F)F)c1.O=[N+]([O-])Cc1cc[n+](Cc2ccccc2)cc1. The quantitative estimate of drug-likeness (QED) is 0.0501. The van der Waals surface area contributed by atoms with E-state index in [0.29, 0.717) is 0 Å². The van der Waals surface area contributed by atoms with Crippen molar-refractivity contribution in [2.45, 2.75) is 62.5 Å². The first-order chi connectivity index (χ1) is 33.5. The summed E-state index contributed by atoms with van der Waals surface area (Å²) in [6, 6.07) is 4.84. The van der Waals surface area contributed by atoms with Gasteiger partial charge in [0.1, 0.15) is 6.15 Å². The Labute approximate surface area is 398 Å². The molecule has 398 valence electrons. The Balaban J connectivity index is 0.000000500. The van der Waals surface area contributed by atoms with E-state index < -0.39 is 195 Å². The molecular formula is C45H25BF24N2O2. The van der Waals surface area contributed by atoms with Crippen LogP contribution in [0, 0.1) is 10.1 Å². The van der Waals surface area contributed by atoms with Crippen LogP contribution in [0.15, 0.2) is 128 Å². The molecule has 29 heteroatoms. The van der Waals surface area contributed by atoms with Crippen LogP contribution >= 0.6 is 0 Å². The van der Waals surface area contributed by atoms with Crippen molar-refractivity contribution in [1.82, 2.24) is 0 Å². The normalized spacial score (nSPS) is 13.4. The van der Waals surface area contributed by atoms with Crippen LogP contribution in [-0.2, 0) is 62.5 Å². The Morgan fingerprint density at radius 2 is 0.581 bits per heavy atom. The van der Waals surface area contributed by atoms with E-state index in [-0.39, 0.29) is 11.5 Å². The van der Waals surface area contributed by atoms with Gasteiger partial charge in [0.05, 0.1) is 44.5 Å². The molecule has 6 aromatic rings. The Hall–Kier alpha value is -6.97. The van der Waals surface area contributed by atoms with E-state index in [2.05, 4.69) is 12.1 Å².